The van der Waals surface area contributed by atoms with Crippen LogP contribution in [0.3, 0.4) is 0 Å². The lowest BCUT2D eigenvalue weighted by Crippen LogP contribution is -2.31. The number of benzene rings is 7. The normalized spacial score (nSPS) is 14.3. The molecule has 0 saturated carbocycles. The van der Waals surface area contributed by atoms with Gasteiger partial charge in [-0.3, -0.25) is 9.59 Å². The van der Waals surface area contributed by atoms with Crippen LogP contribution in [0.2, 0.25) is 0 Å². The average Bonchev–Trinajstić information content (AvgIpc) is 1.50. The molecule has 0 aromatic heterocycles. The van der Waals surface area contributed by atoms with Gasteiger partial charge in [0.05, 0.1) is 0 Å². The topological polar surface area (TPSA) is 34.1 Å². The second-order valence-electron chi connectivity index (χ2n) is 26.9. The van der Waals surface area contributed by atoms with E-state index >= 15 is 9.59 Å². The van der Waals surface area contributed by atoms with Gasteiger partial charge in [-0.05, 0) is 140 Å². The molecule has 7 aromatic carbocycles. The third-order valence-electron chi connectivity index (χ3n) is 21.2. The van der Waals surface area contributed by atoms with Gasteiger partial charge in [0, 0.05) is 38.5 Å². The first-order valence-electron chi connectivity index (χ1n) is 35.3. The molecule has 3 aliphatic carbocycles. The fourth-order valence-electron chi connectivity index (χ4n) is 16.7. The van der Waals surface area contributed by atoms with Crippen molar-refractivity contribution in [1.82, 2.24) is 0 Å². The van der Waals surface area contributed by atoms with Crippen molar-refractivity contribution >= 4 is 17.1 Å². The highest BCUT2D eigenvalue weighted by molar-refractivity contribution is 6.12. The minimum absolute atomic E-state index is 0.106. The van der Waals surface area contributed by atoms with Crippen LogP contribution >= 0.6 is 0 Å². The van der Waals surface area contributed by atoms with Crippen molar-refractivity contribution in [1.29, 1.82) is 0 Å². The number of carbonyl (C=O) groups is 2. The minimum atomic E-state index is -0.355. The van der Waals surface area contributed by atoms with E-state index in [1.165, 1.54) is 177 Å². The van der Waals surface area contributed by atoms with Gasteiger partial charge in [-0.2, -0.15) is 0 Å². The second kappa shape index (κ2) is 29.7. The van der Waals surface area contributed by atoms with E-state index in [1.807, 2.05) is 60.7 Å². The largest absolute Gasteiger partial charge is 0.289 e. The SMILES string of the molecule is C=C(c1ccccc1)c1ccc2c(c1)C(CCCCCC)(CCCCCC)c1c-2c2c(c3c1-c1ccc(C(=O)c4ccccc4)cc1C3(CCCCCC)CCCCCC)-c1ccc(C(=O)c3ccccc3)cc1C2(CCCCCC)CCCCCC. The van der Waals surface area contributed by atoms with Gasteiger partial charge in [-0.1, -0.05) is 330 Å². The minimum Gasteiger partial charge on any atom is -0.289 e. The molecule has 10 rings (SSSR count). The Bertz CT molecular complexity index is 3030. The molecule has 0 unspecified atom stereocenters. The van der Waals surface area contributed by atoms with Crippen LogP contribution in [0.15, 0.2) is 152 Å². The van der Waals surface area contributed by atoms with Crippen molar-refractivity contribution < 1.29 is 9.59 Å². The third-order valence-corrected chi connectivity index (χ3v) is 21.2. The number of hydrogen-bond acceptors (Lipinski definition) is 2. The lowest BCUT2D eigenvalue weighted by Gasteiger charge is -2.40. The van der Waals surface area contributed by atoms with E-state index in [-0.39, 0.29) is 27.8 Å². The highest BCUT2D eigenvalue weighted by atomic mass is 16.1. The van der Waals surface area contributed by atoms with E-state index in [4.69, 9.17) is 6.58 Å². The van der Waals surface area contributed by atoms with E-state index in [0.29, 0.717) is 0 Å². The molecule has 87 heavy (non-hydrogen) atoms. The molecule has 0 heterocycles. The summed E-state index contributed by atoms with van der Waals surface area (Å²) in [5, 5.41) is 0. The van der Waals surface area contributed by atoms with Gasteiger partial charge in [0.2, 0.25) is 0 Å². The lowest BCUT2D eigenvalue weighted by molar-refractivity contribution is 0.103. The van der Waals surface area contributed by atoms with Gasteiger partial charge >= 0.3 is 0 Å². The molecule has 0 radical (unpaired) electrons. The second-order valence-corrected chi connectivity index (χ2v) is 26.9. The molecule has 0 spiro atoms. The van der Waals surface area contributed by atoms with Gasteiger partial charge in [-0.15, -0.1) is 0 Å². The summed E-state index contributed by atoms with van der Waals surface area (Å²) in [6.45, 7) is 19.1. The van der Waals surface area contributed by atoms with Crippen molar-refractivity contribution in [2.75, 3.05) is 0 Å². The Morgan fingerprint density at radius 3 is 0.816 bits per heavy atom. The first kappa shape index (κ1) is 63.6. The summed E-state index contributed by atoms with van der Waals surface area (Å²) in [4.78, 5) is 30.4. The van der Waals surface area contributed by atoms with Crippen LogP contribution in [0.5, 0.6) is 0 Å². The highest BCUT2D eigenvalue weighted by Crippen LogP contribution is 2.72. The molecule has 0 fully saturated rings. The molecule has 2 heteroatoms. The molecule has 0 amide bonds. The summed E-state index contributed by atoms with van der Waals surface area (Å²) >= 11 is 0. The van der Waals surface area contributed by atoms with Crippen molar-refractivity contribution in [2.45, 2.75) is 250 Å². The molecule has 7 aromatic rings. The van der Waals surface area contributed by atoms with E-state index in [2.05, 4.69) is 126 Å². The maximum atomic E-state index is 15.2. The maximum Gasteiger partial charge on any atom is 0.193 e. The van der Waals surface area contributed by atoms with Crippen LogP contribution in [0.4, 0.5) is 0 Å². The van der Waals surface area contributed by atoms with Crippen LogP contribution < -0.4 is 0 Å². The van der Waals surface area contributed by atoms with Crippen LogP contribution in [0.1, 0.15) is 311 Å². The third kappa shape index (κ3) is 12.7. The van der Waals surface area contributed by atoms with Gasteiger partial charge in [-0.25, -0.2) is 0 Å². The van der Waals surface area contributed by atoms with Gasteiger partial charge in [0.15, 0.2) is 11.6 Å². The maximum absolute atomic E-state index is 15.2. The predicted octanol–water partition coefficient (Wildman–Crippen LogP) is 24.8. The summed E-state index contributed by atoms with van der Waals surface area (Å²) in [6.07, 6.45) is 34.9. The number of carbonyl (C=O) groups excluding carboxylic acids is 2. The Hall–Kier alpha value is -6.38. The molecule has 3 aliphatic rings. The predicted molar refractivity (Wildman–Crippen MR) is 372 cm³/mol. The molecule has 0 saturated heterocycles. The molecule has 2 nitrogen and oxygen atoms in total. The number of unbranched alkanes of at least 4 members (excludes halogenated alkanes) is 18. The highest BCUT2D eigenvalue weighted by Gasteiger charge is 2.58. The Kier molecular flexibility index (Phi) is 21.8. The Morgan fingerprint density at radius 1 is 0.287 bits per heavy atom. The number of fused-ring (bicyclic) bond motifs is 12. The number of ketones is 2. The summed E-state index contributed by atoms with van der Waals surface area (Å²) in [5.74, 6) is 0.212. The Morgan fingerprint density at radius 2 is 0.540 bits per heavy atom. The first-order valence-corrected chi connectivity index (χ1v) is 35.3. The zero-order valence-corrected chi connectivity index (χ0v) is 54.6. The molecule has 0 atom stereocenters. The van der Waals surface area contributed by atoms with E-state index < -0.39 is 0 Å². The van der Waals surface area contributed by atoms with Crippen molar-refractivity contribution in [3.05, 3.63) is 219 Å². The van der Waals surface area contributed by atoms with Gasteiger partial charge in [0.25, 0.3) is 0 Å². The van der Waals surface area contributed by atoms with Crippen LogP contribution in [-0.4, -0.2) is 11.6 Å². The number of rotatable bonds is 36. The standard InChI is InChI=1S/C85H104O2/c1-8-14-20-35-53-83(54-36-21-15-9-2)72-59-66(62(7)63-41-29-26-30-42-63)47-50-69(72)75-78(83)76-70-51-48-67(81(86)64-43-31-27-32-44-64)60-73(70)85(57-39-24-18-12-5,58-40-25-19-13-6)80(76)77-71-52-49-68(82(87)65-45-33-28-34-46-65)61-74(71)84(79(75)77,55-37-22-16-10-3)56-38-23-17-11-4/h26-34,41-52,59-61H,7-25,35-40,53-58H2,1-6H3. The molecule has 0 aliphatic heterocycles. The van der Waals surface area contributed by atoms with E-state index in [9.17, 15) is 0 Å². The first-order chi connectivity index (χ1) is 42.7. The van der Waals surface area contributed by atoms with Crippen molar-refractivity contribution in [2.24, 2.45) is 0 Å². The molecule has 0 bridgehead atoms. The van der Waals surface area contributed by atoms with Crippen molar-refractivity contribution in [3.8, 4) is 33.4 Å². The summed E-state index contributed by atoms with van der Waals surface area (Å²) in [6, 6.07) is 52.9. The van der Waals surface area contributed by atoms with Crippen LogP contribution in [-0.2, 0) is 16.2 Å². The van der Waals surface area contributed by atoms with E-state index in [1.54, 1.807) is 16.7 Å². The average molecular weight is 1160 g/mol. The van der Waals surface area contributed by atoms with Gasteiger partial charge < -0.3 is 0 Å². The van der Waals surface area contributed by atoms with Gasteiger partial charge in [0.1, 0.15) is 0 Å². The lowest BCUT2D eigenvalue weighted by atomic mass is 9.63. The summed E-state index contributed by atoms with van der Waals surface area (Å²) in [7, 11) is 0. The number of hydrogen-bond donors (Lipinski definition) is 0. The molecule has 0 N–H and O–H groups in total. The molecular weight excluding hydrogens is 1050 g/mol. The van der Waals surface area contributed by atoms with Crippen LogP contribution in [0.25, 0.3) is 39.0 Å². The Labute approximate surface area is 526 Å². The molecule has 456 valence electrons. The molecular formula is C85H104O2. The zero-order valence-electron chi connectivity index (χ0n) is 54.6. The monoisotopic (exact) mass is 1160 g/mol. The van der Waals surface area contributed by atoms with Crippen molar-refractivity contribution in [3.63, 3.8) is 0 Å². The smallest absolute Gasteiger partial charge is 0.193 e. The fourth-order valence-corrected chi connectivity index (χ4v) is 16.7. The summed E-state index contributed by atoms with van der Waals surface area (Å²) in [5.41, 5.74) is 23.3. The van der Waals surface area contributed by atoms with E-state index in [0.717, 1.165) is 105 Å². The quantitative estimate of drug-likeness (QED) is 0.0290. The Balaban J connectivity index is 1.41. The fraction of sp³-hybridized carbons (Fsp3) is 0.459. The van der Waals surface area contributed by atoms with Crippen LogP contribution in [0, 0.1) is 0 Å². The zero-order chi connectivity index (χ0) is 60.8. The summed E-state index contributed by atoms with van der Waals surface area (Å²) < 4.78 is 0.